The minimum atomic E-state index is 0.299. The third kappa shape index (κ3) is 1.80. The highest BCUT2D eigenvalue weighted by atomic mass is 35.5. The summed E-state index contributed by atoms with van der Waals surface area (Å²) in [6, 6.07) is 8.18. The van der Waals surface area contributed by atoms with Crippen LogP contribution in [0.25, 0.3) is 10.9 Å². The van der Waals surface area contributed by atoms with E-state index >= 15 is 0 Å². The van der Waals surface area contributed by atoms with Crippen molar-refractivity contribution in [3.8, 4) is 0 Å². The van der Waals surface area contributed by atoms with Crippen LogP contribution in [0.3, 0.4) is 0 Å². The largest absolute Gasteiger partial charge is 0.312 e. The van der Waals surface area contributed by atoms with E-state index in [1.807, 2.05) is 31.3 Å². The molecule has 0 saturated heterocycles. The number of fused-ring (bicyclic) bond motifs is 3. The number of nitrogens with one attached hydrogen (secondary N) is 1. The van der Waals surface area contributed by atoms with E-state index in [0.29, 0.717) is 11.2 Å². The summed E-state index contributed by atoms with van der Waals surface area (Å²) in [5, 5.41) is 4.92. The summed E-state index contributed by atoms with van der Waals surface area (Å²) < 4.78 is 0. The quantitative estimate of drug-likeness (QED) is 0.842. The van der Waals surface area contributed by atoms with Gasteiger partial charge in [-0.15, -0.1) is 0 Å². The predicted molar refractivity (Wildman–Crippen MR) is 76.1 cm³/mol. The minimum absolute atomic E-state index is 0.299. The molecule has 0 unspecified atom stereocenters. The van der Waals surface area contributed by atoms with Crippen molar-refractivity contribution in [2.45, 2.75) is 19.4 Å². The van der Waals surface area contributed by atoms with Crippen LogP contribution in [0.1, 0.15) is 12.5 Å². The average molecular weight is 260 g/mol. The van der Waals surface area contributed by atoms with Crippen LogP contribution < -0.4 is 5.32 Å². The number of halogens is 1. The second-order valence-electron chi connectivity index (χ2n) is 4.55. The van der Waals surface area contributed by atoms with Crippen LogP contribution in [0.4, 0.5) is 5.69 Å². The lowest BCUT2D eigenvalue weighted by molar-refractivity contribution is 0.756. The van der Waals surface area contributed by atoms with E-state index in [-0.39, 0.29) is 0 Å². The van der Waals surface area contributed by atoms with Crippen LogP contribution in [-0.2, 0) is 6.42 Å². The van der Waals surface area contributed by atoms with Gasteiger partial charge in [0.15, 0.2) is 0 Å². The number of hydrogen-bond donors (Lipinski definition) is 1. The summed E-state index contributed by atoms with van der Waals surface area (Å²) in [6.07, 6.45) is 0.887. The first-order chi connectivity index (χ1) is 8.69. The number of benzene rings is 1. The van der Waals surface area contributed by atoms with E-state index in [1.54, 1.807) is 0 Å². The molecule has 3 nitrogen and oxygen atoms in total. The Morgan fingerprint density at radius 1 is 1.28 bits per heavy atom. The van der Waals surface area contributed by atoms with E-state index in [2.05, 4.69) is 22.2 Å². The topological polar surface area (TPSA) is 37.3 Å². The van der Waals surface area contributed by atoms with Crippen molar-refractivity contribution in [3.63, 3.8) is 0 Å². The molecule has 0 bridgehead atoms. The molecule has 18 heavy (non-hydrogen) atoms. The molecule has 4 heteroatoms. The molecule has 0 spiro atoms. The van der Waals surface area contributed by atoms with Crippen LogP contribution in [-0.4, -0.2) is 23.8 Å². The number of pyridine rings is 1. The fourth-order valence-electron chi connectivity index (χ4n) is 2.31. The van der Waals surface area contributed by atoms with Gasteiger partial charge in [-0.25, -0.2) is 4.98 Å². The van der Waals surface area contributed by atoms with Crippen molar-refractivity contribution < 1.29 is 0 Å². The highest BCUT2D eigenvalue weighted by Crippen LogP contribution is 2.33. The summed E-state index contributed by atoms with van der Waals surface area (Å²) in [4.78, 5) is 9.03. The van der Waals surface area contributed by atoms with Gasteiger partial charge >= 0.3 is 0 Å². The Morgan fingerprint density at radius 2 is 2.11 bits per heavy atom. The lowest BCUT2D eigenvalue weighted by atomic mass is 10.0. The zero-order chi connectivity index (χ0) is 12.7. The summed E-state index contributed by atoms with van der Waals surface area (Å²) in [6.45, 7) is 2.13. The summed E-state index contributed by atoms with van der Waals surface area (Å²) in [5.74, 6) is 0. The molecule has 2 heterocycles. The van der Waals surface area contributed by atoms with Gasteiger partial charge in [-0.05, 0) is 43.8 Å². The molecule has 0 saturated carbocycles. The van der Waals surface area contributed by atoms with E-state index < -0.39 is 0 Å². The van der Waals surface area contributed by atoms with Crippen molar-refractivity contribution in [2.24, 2.45) is 4.99 Å². The SMILES string of the molecule is CN[C@H](C)C1=Nc2ccc3nc(Cl)ccc3c2C1. The maximum atomic E-state index is 5.92. The smallest absolute Gasteiger partial charge is 0.129 e. The predicted octanol–water partition coefficient (Wildman–Crippen LogP) is 3.12. The van der Waals surface area contributed by atoms with Crippen LogP contribution in [0, 0.1) is 0 Å². The third-order valence-electron chi connectivity index (χ3n) is 3.48. The highest BCUT2D eigenvalue weighted by Gasteiger charge is 2.20. The Bertz CT molecular complexity index is 649. The molecule has 1 N–H and O–H groups in total. The Hall–Kier alpha value is -1.45. The van der Waals surface area contributed by atoms with E-state index in [9.17, 15) is 0 Å². The molecular weight excluding hydrogens is 246 g/mol. The second kappa shape index (κ2) is 4.34. The van der Waals surface area contributed by atoms with Gasteiger partial charge in [0.1, 0.15) is 5.15 Å². The van der Waals surface area contributed by atoms with Crippen LogP contribution in [0.5, 0.6) is 0 Å². The van der Waals surface area contributed by atoms with Gasteiger partial charge < -0.3 is 5.32 Å². The Kier molecular flexibility index (Phi) is 2.80. The molecule has 0 amide bonds. The first-order valence-corrected chi connectivity index (χ1v) is 6.39. The first kappa shape index (κ1) is 11.6. The lowest BCUT2D eigenvalue weighted by Gasteiger charge is -2.09. The van der Waals surface area contributed by atoms with Gasteiger partial charge in [0.2, 0.25) is 0 Å². The lowest BCUT2D eigenvalue weighted by Crippen LogP contribution is -2.30. The first-order valence-electron chi connectivity index (χ1n) is 6.02. The van der Waals surface area contributed by atoms with Crippen molar-refractivity contribution in [1.29, 1.82) is 0 Å². The second-order valence-corrected chi connectivity index (χ2v) is 4.94. The van der Waals surface area contributed by atoms with Crippen molar-refractivity contribution in [2.75, 3.05) is 7.05 Å². The number of aliphatic imine (C=N–C) groups is 1. The van der Waals surface area contributed by atoms with Crippen LogP contribution >= 0.6 is 11.6 Å². The maximum Gasteiger partial charge on any atom is 0.129 e. The van der Waals surface area contributed by atoms with E-state index in [1.165, 1.54) is 11.3 Å². The zero-order valence-corrected chi connectivity index (χ0v) is 11.1. The van der Waals surface area contributed by atoms with E-state index in [4.69, 9.17) is 11.6 Å². The monoisotopic (exact) mass is 259 g/mol. The molecule has 92 valence electrons. The zero-order valence-electron chi connectivity index (χ0n) is 10.4. The standard InChI is InChI=1S/C14H14ClN3/c1-8(16-2)13-7-10-9-3-6-14(15)18-11(9)4-5-12(10)17-13/h3-6,8,16H,7H2,1-2H3/t8-/m1/s1. The van der Waals surface area contributed by atoms with Crippen LogP contribution in [0.15, 0.2) is 29.3 Å². The minimum Gasteiger partial charge on any atom is -0.312 e. The summed E-state index contributed by atoms with van der Waals surface area (Å²) >= 11 is 5.92. The molecule has 1 aromatic heterocycles. The number of rotatable bonds is 2. The number of nitrogens with zero attached hydrogens (tertiary/aromatic N) is 2. The van der Waals surface area contributed by atoms with E-state index in [0.717, 1.165) is 23.0 Å². The molecule has 0 aliphatic carbocycles. The Balaban J connectivity index is 2.10. The molecule has 1 aliphatic rings. The fraction of sp³-hybridized carbons (Fsp3) is 0.286. The molecule has 0 fully saturated rings. The van der Waals surface area contributed by atoms with Gasteiger partial charge in [-0.2, -0.15) is 0 Å². The molecule has 1 atom stereocenters. The van der Waals surface area contributed by atoms with Gasteiger partial charge in [0.25, 0.3) is 0 Å². The number of hydrogen-bond acceptors (Lipinski definition) is 3. The van der Waals surface area contributed by atoms with Gasteiger partial charge in [-0.1, -0.05) is 11.6 Å². The van der Waals surface area contributed by atoms with Crippen LogP contribution in [0.2, 0.25) is 5.15 Å². The Labute approximate surface area is 111 Å². The summed E-state index contributed by atoms with van der Waals surface area (Å²) in [7, 11) is 1.95. The molecule has 3 rings (SSSR count). The molecule has 2 aromatic rings. The molecule has 1 aliphatic heterocycles. The maximum absolute atomic E-state index is 5.92. The average Bonchev–Trinajstić information content (AvgIpc) is 2.81. The molecular formula is C14H14ClN3. The van der Waals surface area contributed by atoms with Gasteiger partial charge in [0.05, 0.1) is 11.2 Å². The highest BCUT2D eigenvalue weighted by molar-refractivity contribution is 6.29. The van der Waals surface area contributed by atoms with Crippen molar-refractivity contribution in [1.82, 2.24) is 10.3 Å². The fourth-order valence-corrected chi connectivity index (χ4v) is 2.47. The molecule has 0 radical (unpaired) electrons. The van der Waals surface area contributed by atoms with Gasteiger partial charge in [0, 0.05) is 23.6 Å². The third-order valence-corrected chi connectivity index (χ3v) is 3.69. The summed E-state index contributed by atoms with van der Waals surface area (Å²) in [5.41, 5.74) is 4.43. The Morgan fingerprint density at radius 3 is 2.89 bits per heavy atom. The van der Waals surface area contributed by atoms with Crippen molar-refractivity contribution >= 4 is 33.9 Å². The normalized spacial score (nSPS) is 15.6. The number of aromatic nitrogens is 1. The van der Waals surface area contributed by atoms with Crippen molar-refractivity contribution in [3.05, 3.63) is 35.0 Å². The molecule has 1 aromatic carbocycles. The van der Waals surface area contributed by atoms with Gasteiger partial charge in [-0.3, -0.25) is 4.99 Å².